The second kappa shape index (κ2) is 8.30. The number of primary amides is 1. The number of imidazole rings is 1. The Kier molecular flexibility index (Phi) is 5.48. The number of nitrogens with one attached hydrogen (secondary N) is 1. The van der Waals surface area contributed by atoms with E-state index in [9.17, 15) is 20.0 Å². The maximum atomic E-state index is 12.9. The van der Waals surface area contributed by atoms with Gasteiger partial charge in [0.15, 0.2) is 5.65 Å². The van der Waals surface area contributed by atoms with Gasteiger partial charge in [0.05, 0.1) is 53.8 Å². The van der Waals surface area contributed by atoms with Crippen LogP contribution in [0.4, 0.5) is 5.69 Å². The summed E-state index contributed by atoms with van der Waals surface area (Å²) in [7, 11) is 0. The number of fused-ring (bicyclic) bond motifs is 1. The summed E-state index contributed by atoms with van der Waals surface area (Å²) in [5, 5.41) is 31.5. The zero-order chi connectivity index (χ0) is 25.8. The highest BCUT2D eigenvalue weighted by Crippen LogP contribution is 2.47. The summed E-state index contributed by atoms with van der Waals surface area (Å²) in [6, 6.07) is 2.01. The molecular formula is C24H29N9O3. The molecule has 3 aromatic heterocycles. The number of aliphatic hydroxyl groups is 1. The van der Waals surface area contributed by atoms with Crippen LogP contribution in [0.5, 0.6) is 0 Å². The Balaban J connectivity index is 1.45. The first-order valence-corrected chi connectivity index (χ1v) is 11.9. The number of nitrogens with two attached hydrogens (primary N) is 1. The van der Waals surface area contributed by atoms with Crippen LogP contribution in [0.3, 0.4) is 0 Å². The van der Waals surface area contributed by atoms with Gasteiger partial charge in [-0.25, -0.2) is 9.50 Å². The third-order valence-electron chi connectivity index (χ3n) is 6.84. The summed E-state index contributed by atoms with van der Waals surface area (Å²) < 4.78 is 3.20. The van der Waals surface area contributed by atoms with Gasteiger partial charge in [-0.15, -0.1) is 0 Å². The summed E-state index contributed by atoms with van der Waals surface area (Å²) in [6.45, 7) is 6.68. The van der Waals surface area contributed by atoms with Gasteiger partial charge in [-0.2, -0.15) is 15.5 Å². The molecule has 36 heavy (non-hydrogen) atoms. The summed E-state index contributed by atoms with van der Waals surface area (Å²) in [4.78, 5) is 31.6. The number of carbonyl (C=O) groups excluding carboxylic acids is 2. The molecule has 3 aromatic rings. The first kappa shape index (κ1) is 23.7. The average molecular weight is 492 g/mol. The van der Waals surface area contributed by atoms with E-state index in [1.807, 2.05) is 6.92 Å². The Morgan fingerprint density at radius 3 is 2.67 bits per heavy atom. The van der Waals surface area contributed by atoms with Crippen molar-refractivity contribution in [3.63, 3.8) is 0 Å². The molecule has 4 N–H and O–H groups in total. The van der Waals surface area contributed by atoms with Crippen LogP contribution < -0.4 is 11.1 Å². The number of hydrogen-bond acceptors (Lipinski definition) is 8. The minimum absolute atomic E-state index is 0.0758. The lowest BCUT2D eigenvalue weighted by Gasteiger charge is -2.21. The van der Waals surface area contributed by atoms with E-state index in [4.69, 9.17) is 10.7 Å². The molecule has 1 aliphatic carbocycles. The number of nitriles is 1. The van der Waals surface area contributed by atoms with Crippen molar-refractivity contribution in [1.82, 2.24) is 29.3 Å². The van der Waals surface area contributed by atoms with Crippen LogP contribution in [-0.4, -0.2) is 70.9 Å². The van der Waals surface area contributed by atoms with Crippen molar-refractivity contribution in [2.75, 3.05) is 18.4 Å². The molecule has 1 saturated carbocycles. The second-order valence-electron chi connectivity index (χ2n) is 10.6. The van der Waals surface area contributed by atoms with Gasteiger partial charge < -0.3 is 21.1 Å². The number of carbonyl (C=O) groups is 2. The maximum absolute atomic E-state index is 12.9. The summed E-state index contributed by atoms with van der Waals surface area (Å²) >= 11 is 0. The predicted octanol–water partition coefficient (Wildman–Crippen LogP) is 1.03. The van der Waals surface area contributed by atoms with Crippen molar-refractivity contribution >= 4 is 23.1 Å². The first-order valence-electron chi connectivity index (χ1n) is 11.9. The van der Waals surface area contributed by atoms with Crippen molar-refractivity contribution in [2.45, 2.75) is 51.8 Å². The highest BCUT2D eigenvalue weighted by molar-refractivity contribution is 6.01. The summed E-state index contributed by atoms with van der Waals surface area (Å²) in [5.74, 6) is -0.691. The Labute approximate surface area is 207 Å². The number of amides is 2. The number of hydrogen-bond donors (Lipinski definition) is 3. The third-order valence-corrected chi connectivity index (χ3v) is 6.84. The largest absolute Gasteiger partial charge is 0.389 e. The van der Waals surface area contributed by atoms with Gasteiger partial charge in [-0.1, -0.05) is 6.92 Å². The van der Waals surface area contributed by atoms with E-state index in [0.717, 1.165) is 5.56 Å². The molecule has 0 unspecified atom stereocenters. The molecule has 2 fully saturated rings. The van der Waals surface area contributed by atoms with Gasteiger partial charge in [-0.3, -0.25) is 14.3 Å². The maximum Gasteiger partial charge on any atom is 0.252 e. The van der Waals surface area contributed by atoms with Crippen LogP contribution in [0.2, 0.25) is 0 Å². The molecule has 0 spiro atoms. The molecular weight excluding hydrogens is 462 g/mol. The molecule has 2 aliphatic rings. The lowest BCUT2D eigenvalue weighted by molar-refractivity contribution is -0.134. The molecule has 1 saturated heterocycles. The highest BCUT2D eigenvalue weighted by atomic mass is 16.3. The van der Waals surface area contributed by atoms with Crippen molar-refractivity contribution < 1.29 is 14.7 Å². The van der Waals surface area contributed by atoms with E-state index >= 15 is 0 Å². The Hall–Kier alpha value is -3.98. The van der Waals surface area contributed by atoms with E-state index < -0.39 is 16.9 Å². The predicted molar refractivity (Wildman–Crippen MR) is 129 cm³/mol. The normalized spacial score (nSPS) is 20.9. The van der Waals surface area contributed by atoms with Crippen LogP contribution in [0.25, 0.3) is 16.9 Å². The smallest absolute Gasteiger partial charge is 0.252 e. The molecule has 2 amide bonds. The molecule has 0 radical (unpaired) electrons. The SMILES string of the molecule is C[C@@H]1CN(C(=O)C2(C#N)CC2)C[C@H]1Nc1c(C(N)=O)cnn2cc(-c3cnn(CC(C)(C)O)c3)nc12. The summed E-state index contributed by atoms with van der Waals surface area (Å²) in [6.07, 6.45) is 7.78. The molecule has 5 rings (SSSR count). The molecule has 188 valence electrons. The van der Waals surface area contributed by atoms with Crippen molar-refractivity contribution in [2.24, 2.45) is 17.1 Å². The van der Waals surface area contributed by atoms with E-state index in [1.165, 1.54) is 6.20 Å². The number of aromatic nitrogens is 5. The molecule has 12 nitrogen and oxygen atoms in total. The lowest BCUT2D eigenvalue weighted by atomic mass is 10.1. The zero-order valence-corrected chi connectivity index (χ0v) is 20.5. The van der Waals surface area contributed by atoms with Gasteiger partial charge in [0.2, 0.25) is 5.91 Å². The number of anilines is 1. The van der Waals surface area contributed by atoms with Crippen molar-refractivity contribution in [3.05, 3.63) is 30.4 Å². The van der Waals surface area contributed by atoms with E-state index in [2.05, 4.69) is 21.6 Å². The fraction of sp³-hybridized carbons (Fsp3) is 0.500. The minimum Gasteiger partial charge on any atom is -0.389 e. The lowest BCUT2D eigenvalue weighted by Crippen LogP contribution is -2.36. The van der Waals surface area contributed by atoms with Crippen LogP contribution in [0, 0.1) is 22.7 Å². The quantitative estimate of drug-likeness (QED) is 0.440. The van der Waals surface area contributed by atoms with E-state index in [1.54, 1.807) is 46.5 Å². The molecule has 1 aliphatic heterocycles. The molecule has 4 heterocycles. The fourth-order valence-electron chi connectivity index (χ4n) is 4.69. The Bertz CT molecular complexity index is 1390. The molecule has 2 atom stereocenters. The fourth-order valence-corrected chi connectivity index (χ4v) is 4.69. The van der Waals surface area contributed by atoms with Gasteiger partial charge in [0.25, 0.3) is 5.91 Å². The van der Waals surface area contributed by atoms with E-state index in [0.29, 0.717) is 49.5 Å². The second-order valence-corrected chi connectivity index (χ2v) is 10.6. The van der Waals surface area contributed by atoms with Gasteiger partial charge in [0.1, 0.15) is 5.41 Å². The van der Waals surface area contributed by atoms with Crippen LogP contribution in [0.15, 0.2) is 24.8 Å². The monoisotopic (exact) mass is 491 g/mol. The van der Waals surface area contributed by atoms with Gasteiger partial charge >= 0.3 is 0 Å². The minimum atomic E-state index is -0.920. The average Bonchev–Trinajstić information content (AvgIpc) is 3.10. The molecule has 0 aromatic carbocycles. The highest BCUT2D eigenvalue weighted by Gasteiger charge is 2.54. The Morgan fingerprint density at radius 1 is 1.28 bits per heavy atom. The molecule has 0 bridgehead atoms. The number of rotatable bonds is 7. The van der Waals surface area contributed by atoms with E-state index in [-0.39, 0.29) is 23.4 Å². The van der Waals surface area contributed by atoms with Crippen molar-refractivity contribution in [3.8, 4) is 17.3 Å². The zero-order valence-electron chi connectivity index (χ0n) is 20.5. The summed E-state index contributed by atoms with van der Waals surface area (Å²) in [5.41, 5.74) is 6.26. The van der Waals surface area contributed by atoms with Gasteiger partial charge in [0, 0.05) is 30.9 Å². The standard InChI is InChI=1S/C24H29N9O3/c1-14-8-31(22(35)24(12-25)4-5-24)10-17(14)29-19-16(20(26)34)7-28-33-11-18(30-21(19)33)15-6-27-32(9-15)13-23(2,3)36/h6-7,9,11,14,17,29,36H,4-5,8,10,13H2,1-3H3,(H2,26,34)/t14-,17-/m1/s1. The van der Waals surface area contributed by atoms with Crippen LogP contribution >= 0.6 is 0 Å². The van der Waals surface area contributed by atoms with Gasteiger partial charge in [-0.05, 0) is 32.6 Å². The Morgan fingerprint density at radius 2 is 2.03 bits per heavy atom. The van der Waals surface area contributed by atoms with Crippen molar-refractivity contribution in [1.29, 1.82) is 5.26 Å². The van der Waals surface area contributed by atoms with Crippen LogP contribution in [-0.2, 0) is 11.3 Å². The topological polar surface area (TPSA) is 167 Å². The molecule has 12 heteroatoms. The van der Waals surface area contributed by atoms with Crippen LogP contribution in [0.1, 0.15) is 44.0 Å². The first-order chi connectivity index (χ1) is 17.0. The number of likely N-dealkylation sites (tertiary alicyclic amines) is 1. The number of nitrogens with zero attached hydrogens (tertiary/aromatic N) is 7. The third kappa shape index (κ3) is 4.26.